The SMILES string of the molecule is Cc1cc(C(=O)N[C@H](C)Cc2cccs2)c(C)o1. The van der Waals surface area contributed by atoms with Gasteiger partial charge in [-0.2, -0.15) is 0 Å². The van der Waals surface area contributed by atoms with Gasteiger partial charge in [-0.15, -0.1) is 11.3 Å². The van der Waals surface area contributed by atoms with Crippen LogP contribution in [-0.4, -0.2) is 11.9 Å². The molecule has 0 saturated carbocycles. The highest BCUT2D eigenvalue weighted by atomic mass is 32.1. The summed E-state index contributed by atoms with van der Waals surface area (Å²) < 4.78 is 5.36. The number of hydrogen-bond acceptors (Lipinski definition) is 3. The lowest BCUT2D eigenvalue weighted by molar-refractivity contribution is 0.0938. The van der Waals surface area contributed by atoms with Crippen molar-refractivity contribution in [2.75, 3.05) is 0 Å². The average Bonchev–Trinajstić information content (AvgIpc) is 2.88. The Labute approximate surface area is 111 Å². The molecule has 18 heavy (non-hydrogen) atoms. The molecule has 0 bridgehead atoms. The molecule has 2 aromatic rings. The number of nitrogens with one attached hydrogen (secondary N) is 1. The summed E-state index contributed by atoms with van der Waals surface area (Å²) in [5.41, 5.74) is 0.630. The number of rotatable bonds is 4. The predicted molar refractivity (Wildman–Crippen MR) is 73.1 cm³/mol. The lowest BCUT2D eigenvalue weighted by Crippen LogP contribution is -2.34. The summed E-state index contributed by atoms with van der Waals surface area (Å²) in [6, 6.07) is 6.01. The first kappa shape index (κ1) is 12.9. The summed E-state index contributed by atoms with van der Waals surface area (Å²) in [5, 5.41) is 5.05. The summed E-state index contributed by atoms with van der Waals surface area (Å²) in [5.74, 6) is 1.38. The highest BCUT2D eigenvalue weighted by Gasteiger charge is 2.15. The molecule has 0 aromatic carbocycles. The highest BCUT2D eigenvalue weighted by Crippen LogP contribution is 2.15. The molecule has 2 rings (SSSR count). The molecule has 2 aromatic heterocycles. The number of thiophene rings is 1. The van der Waals surface area contributed by atoms with Crippen LogP contribution in [-0.2, 0) is 6.42 Å². The second-order valence-electron chi connectivity index (χ2n) is 4.48. The Morgan fingerprint density at radius 3 is 2.83 bits per heavy atom. The standard InChI is InChI=1S/C14H17NO2S/c1-9(7-12-5-4-6-18-12)15-14(16)13-8-10(2)17-11(13)3/h4-6,8-9H,7H2,1-3H3,(H,15,16)/t9-/m1/s1. The van der Waals surface area contributed by atoms with Gasteiger partial charge >= 0.3 is 0 Å². The Bertz CT molecular complexity index is 528. The predicted octanol–water partition coefficient (Wildman–Crippen LogP) is 3.32. The molecule has 0 aliphatic heterocycles. The van der Waals surface area contributed by atoms with Crippen molar-refractivity contribution in [3.63, 3.8) is 0 Å². The maximum atomic E-state index is 12.1. The largest absolute Gasteiger partial charge is 0.466 e. The van der Waals surface area contributed by atoms with Gasteiger partial charge in [0.1, 0.15) is 11.5 Å². The van der Waals surface area contributed by atoms with Gasteiger partial charge in [0.15, 0.2) is 0 Å². The van der Waals surface area contributed by atoms with Gasteiger partial charge in [-0.05, 0) is 38.3 Å². The number of amides is 1. The van der Waals surface area contributed by atoms with Crippen molar-refractivity contribution in [2.24, 2.45) is 0 Å². The molecule has 0 unspecified atom stereocenters. The molecule has 0 aliphatic rings. The Kier molecular flexibility index (Phi) is 3.87. The van der Waals surface area contributed by atoms with Crippen LogP contribution in [0.5, 0.6) is 0 Å². The van der Waals surface area contributed by atoms with E-state index >= 15 is 0 Å². The molecule has 4 heteroatoms. The van der Waals surface area contributed by atoms with Crippen LogP contribution in [0.4, 0.5) is 0 Å². The van der Waals surface area contributed by atoms with E-state index in [-0.39, 0.29) is 11.9 Å². The summed E-state index contributed by atoms with van der Waals surface area (Å²) in [6.07, 6.45) is 0.860. The Morgan fingerprint density at radius 2 is 2.28 bits per heavy atom. The molecule has 0 fully saturated rings. The van der Waals surface area contributed by atoms with Crippen LogP contribution in [0.15, 0.2) is 28.0 Å². The fraction of sp³-hybridized carbons (Fsp3) is 0.357. The van der Waals surface area contributed by atoms with E-state index in [0.29, 0.717) is 11.3 Å². The minimum atomic E-state index is -0.0617. The smallest absolute Gasteiger partial charge is 0.255 e. The average molecular weight is 263 g/mol. The maximum Gasteiger partial charge on any atom is 0.255 e. The second kappa shape index (κ2) is 5.40. The lowest BCUT2D eigenvalue weighted by atomic mass is 10.1. The molecular formula is C14H17NO2S. The first-order valence-electron chi connectivity index (χ1n) is 5.96. The molecule has 0 radical (unpaired) electrons. The molecule has 0 saturated heterocycles. The molecule has 3 nitrogen and oxygen atoms in total. The van der Waals surface area contributed by atoms with E-state index in [1.165, 1.54) is 4.88 Å². The van der Waals surface area contributed by atoms with Crippen molar-refractivity contribution in [2.45, 2.75) is 33.2 Å². The third kappa shape index (κ3) is 3.01. The molecule has 0 aliphatic carbocycles. The van der Waals surface area contributed by atoms with E-state index in [1.807, 2.05) is 32.2 Å². The lowest BCUT2D eigenvalue weighted by Gasteiger charge is -2.12. The fourth-order valence-corrected chi connectivity index (χ4v) is 2.77. The van der Waals surface area contributed by atoms with E-state index < -0.39 is 0 Å². The Balaban J connectivity index is 1.97. The number of hydrogen-bond donors (Lipinski definition) is 1. The van der Waals surface area contributed by atoms with Gasteiger partial charge in [-0.3, -0.25) is 4.79 Å². The number of carbonyl (C=O) groups excluding carboxylic acids is 1. The molecule has 96 valence electrons. The zero-order valence-electron chi connectivity index (χ0n) is 10.8. The van der Waals surface area contributed by atoms with Crippen LogP contribution in [0.1, 0.15) is 33.7 Å². The van der Waals surface area contributed by atoms with Gasteiger partial charge in [0, 0.05) is 17.3 Å². The van der Waals surface area contributed by atoms with Crippen molar-refractivity contribution >= 4 is 17.2 Å². The van der Waals surface area contributed by atoms with E-state index in [4.69, 9.17) is 4.42 Å². The zero-order chi connectivity index (χ0) is 13.1. The topological polar surface area (TPSA) is 42.2 Å². The normalized spacial score (nSPS) is 12.4. The van der Waals surface area contributed by atoms with Crippen LogP contribution >= 0.6 is 11.3 Å². The summed E-state index contributed by atoms with van der Waals surface area (Å²) in [4.78, 5) is 13.3. The first-order valence-corrected chi connectivity index (χ1v) is 6.84. The molecular weight excluding hydrogens is 246 g/mol. The van der Waals surface area contributed by atoms with Gasteiger partial charge in [0.05, 0.1) is 5.56 Å². The van der Waals surface area contributed by atoms with Gasteiger partial charge in [-0.25, -0.2) is 0 Å². The summed E-state index contributed by atoms with van der Waals surface area (Å²) in [6.45, 7) is 5.67. The Morgan fingerprint density at radius 1 is 1.50 bits per heavy atom. The molecule has 1 N–H and O–H groups in total. The van der Waals surface area contributed by atoms with Crippen molar-refractivity contribution in [3.05, 3.63) is 45.5 Å². The van der Waals surface area contributed by atoms with Gasteiger partial charge in [0.2, 0.25) is 0 Å². The van der Waals surface area contributed by atoms with E-state index in [9.17, 15) is 4.79 Å². The molecule has 2 heterocycles. The number of furan rings is 1. The Hall–Kier alpha value is -1.55. The van der Waals surface area contributed by atoms with Crippen LogP contribution in [0.2, 0.25) is 0 Å². The van der Waals surface area contributed by atoms with Gasteiger partial charge < -0.3 is 9.73 Å². The zero-order valence-corrected chi connectivity index (χ0v) is 11.6. The fourth-order valence-electron chi connectivity index (χ4n) is 1.94. The van der Waals surface area contributed by atoms with Crippen molar-refractivity contribution < 1.29 is 9.21 Å². The second-order valence-corrected chi connectivity index (χ2v) is 5.52. The van der Waals surface area contributed by atoms with Crippen LogP contribution < -0.4 is 5.32 Å². The number of carbonyl (C=O) groups is 1. The maximum absolute atomic E-state index is 12.1. The van der Waals surface area contributed by atoms with E-state index in [0.717, 1.165) is 12.2 Å². The van der Waals surface area contributed by atoms with Crippen molar-refractivity contribution in [1.29, 1.82) is 0 Å². The van der Waals surface area contributed by atoms with Crippen LogP contribution in [0.25, 0.3) is 0 Å². The number of aryl methyl sites for hydroxylation is 2. The minimum absolute atomic E-state index is 0.0617. The molecule has 0 spiro atoms. The van der Waals surface area contributed by atoms with Gasteiger partial charge in [-0.1, -0.05) is 6.07 Å². The quantitative estimate of drug-likeness (QED) is 0.919. The highest BCUT2D eigenvalue weighted by molar-refractivity contribution is 7.09. The molecule has 1 amide bonds. The van der Waals surface area contributed by atoms with E-state index in [2.05, 4.69) is 11.4 Å². The molecule has 1 atom stereocenters. The van der Waals surface area contributed by atoms with Crippen LogP contribution in [0.3, 0.4) is 0 Å². The third-order valence-electron chi connectivity index (χ3n) is 2.75. The summed E-state index contributed by atoms with van der Waals surface area (Å²) in [7, 11) is 0. The van der Waals surface area contributed by atoms with Crippen LogP contribution in [0, 0.1) is 13.8 Å². The minimum Gasteiger partial charge on any atom is -0.466 e. The monoisotopic (exact) mass is 263 g/mol. The van der Waals surface area contributed by atoms with Gasteiger partial charge in [0.25, 0.3) is 5.91 Å². The summed E-state index contributed by atoms with van der Waals surface area (Å²) >= 11 is 1.71. The van der Waals surface area contributed by atoms with Crippen molar-refractivity contribution in [3.8, 4) is 0 Å². The first-order chi connectivity index (χ1) is 8.56. The van der Waals surface area contributed by atoms with Crippen molar-refractivity contribution in [1.82, 2.24) is 5.32 Å². The van der Waals surface area contributed by atoms with E-state index in [1.54, 1.807) is 17.4 Å². The third-order valence-corrected chi connectivity index (χ3v) is 3.65.